The van der Waals surface area contributed by atoms with E-state index in [1.807, 2.05) is 90.0 Å². The Bertz CT molecular complexity index is 5050. The van der Waals surface area contributed by atoms with Gasteiger partial charge in [0.2, 0.25) is 0 Å². The molecule has 588 valence electrons. The third kappa shape index (κ3) is 23.5. The van der Waals surface area contributed by atoms with E-state index in [9.17, 15) is 40.2 Å². The number of methoxy groups -OCH3 is 1. The van der Waals surface area contributed by atoms with Gasteiger partial charge in [0, 0.05) is 83.4 Å². The summed E-state index contributed by atoms with van der Waals surface area (Å²) in [5.41, 5.74) is 5.61. The third-order valence-electron chi connectivity index (χ3n) is 14.8. The Labute approximate surface area is 680 Å². The van der Waals surface area contributed by atoms with Gasteiger partial charge in [-0.3, -0.25) is 28.3 Å². The summed E-state index contributed by atoms with van der Waals surface area (Å²) in [5.74, 6) is -1.57. The highest BCUT2D eigenvalue weighted by atomic mass is 35.5. The maximum absolute atomic E-state index is 12.4. The molecule has 8 rings (SSSR count). The first-order valence-corrected chi connectivity index (χ1v) is 39.3. The molecule has 33 heteroatoms. The molecule has 0 N–H and O–H groups in total. The number of halogens is 4. The van der Waals surface area contributed by atoms with Crippen LogP contribution in [0.15, 0.2) is 33.7 Å². The van der Waals surface area contributed by atoms with E-state index in [1.54, 1.807) is 91.3 Å². The molecule has 25 nitrogen and oxygen atoms in total. The maximum Gasteiger partial charge on any atom is 0.513 e. The van der Waals surface area contributed by atoms with Gasteiger partial charge in [-0.25, -0.2) is 29.5 Å². The van der Waals surface area contributed by atoms with E-state index in [-0.39, 0.29) is 106 Å². The van der Waals surface area contributed by atoms with Crippen LogP contribution in [0.1, 0.15) is 226 Å². The summed E-state index contributed by atoms with van der Waals surface area (Å²) in [4.78, 5) is 67.0. The number of ether oxygens (including phenoxy) is 5. The summed E-state index contributed by atoms with van der Waals surface area (Å²) in [6.45, 7) is 47.9. The lowest BCUT2D eigenvalue weighted by Gasteiger charge is -2.14. The molecule has 0 saturated heterocycles. The predicted molar refractivity (Wildman–Crippen MR) is 437 cm³/mol. The highest BCUT2D eigenvalue weighted by Gasteiger charge is 2.33. The van der Waals surface area contributed by atoms with Crippen molar-refractivity contribution in [3.05, 3.63) is 142 Å². The van der Waals surface area contributed by atoms with Crippen LogP contribution in [0.2, 0.25) is 20.6 Å². The average molecular weight is 1660 g/mol. The smallest absolute Gasteiger partial charge is 0.437 e. The van der Waals surface area contributed by atoms with Crippen molar-refractivity contribution in [3.63, 3.8) is 0 Å². The number of carbonyl (C=O) groups excluding carboxylic acids is 4. The molecule has 0 atom stereocenters. The van der Waals surface area contributed by atoms with Crippen molar-refractivity contribution in [1.82, 2.24) is 59.1 Å². The Morgan fingerprint density at radius 2 is 0.709 bits per heavy atom. The first kappa shape index (κ1) is 93.2. The van der Waals surface area contributed by atoms with Crippen molar-refractivity contribution in [3.8, 4) is 24.3 Å². The zero-order valence-electron chi connectivity index (χ0n) is 67.4. The van der Waals surface area contributed by atoms with Crippen molar-refractivity contribution < 1.29 is 42.9 Å². The molecule has 0 saturated carbocycles. The lowest BCUT2D eigenvalue weighted by atomic mass is 9.98. The van der Waals surface area contributed by atoms with Crippen LogP contribution in [0.25, 0.3) is 45.3 Å². The van der Waals surface area contributed by atoms with E-state index in [1.165, 1.54) is 78.1 Å². The minimum Gasteiger partial charge on any atom is -0.437 e. The van der Waals surface area contributed by atoms with Gasteiger partial charge < -0.3 is 23.7 Å². The lowest BCUT2D eigenvalue weighted by molar-refractivity contribution is -0.140. The number of aromatic nitrogens is 12. The van der Waals surface area contributed by atoms with Crippen LogP contribution in [-0.4, -0.2) is 90.2 Å². The largest absolute Gasteiger partial charge is 0.513 e. The second-order valence-corrected chi connectivity index (χ2v) is 34.2. The topological polar surface area (TPSA) is 332 Å². The first-order chi connectivity index (χ1) is 51.0. The van der Waals surface area contributed by atoms with Crippen molar-refractivity contribution in [2.45, 2.75) is 187 Å². The average Bonchev–Trinajstić information content (AvgIpc) is 1.64. The fraction of sp³-hybridized carbons (Fsp3) is 0.455. The molecular formula is C77H94Cl4N16O9S4. The number of aryl methyl sites for hydroxylation is 8. The molecule has 0 aliphatic rings. The Morgan fingerprint density at radius 3 is 0.900 bits per heavy atom. The summed E-state index contributed by atoms with van der Waals surface area (Å²) in [7, 11) is 7.89. The van der Waals surface area contributed by atoms with Crippen molar-refractivity contribution >= 4 is 161 Å². The van der Waals surface area contributed by atoms with E-state index in [4.69, 9.17) is 65.4 Å². The van der Waals surface area contributed by atoms with Crippen LogP contribution in [-0.2, 0) is 87.9 Å². The summed E-state index contributed by atoms with van der Waals surface area (Å²) in [5, 5.41) is 68.0. The van der Waals surface area contributed by atoms with Crippen molar-refractivity contribution in [2.24, 2.45) is 40.0 Å². The van der Waals surface area contributed by atoms with Crippen LogP contribution >= 0.6 is 91.8 Å². The molecule has 0 fully saturated rings. The van der Waals surface area contributed by atoms with Crippen LogP contribution in [0.4, 0.5) is 4.79 Å². The van der Waals surface area contributed by atoms with Crippen LogP contribution in [0.3, 0.4) is 0 Å². The SMILES string of the molecule is C=C(C)C(=O)OC(=C(C#N)c1csc(C(C)(C)C)n1)c1c(C)nn(C)c1Cl.CC.COC(=O)OC(=C(C#N)c1csc(C(C)(C)C)n1)c1c(C)nn(C)c1Cl.Cc1nn(C)c(Cl)c1C(OC(=O)C(C)C)=C(C#N)c1csc(C(C)(C)C)n1.Cc1nn(C)c(Cl)c1C(OC(=O)CC(C)C)=C(C#N)c1csc(C(C)(C)C)n1. The molecule has 0 unspecified atom stereocenters. The highest BCUT2D eigenvalue weighted by Crippen LogP contribution is 2.42. The van der Waals surface area contributed by atoms with Crippen LogP contribution in [0, 0.1) is 84.9 Å². The minimum atomic E-state index is -0.960. The minimum absolute atomic E-state index is 0.0271. The molecular weight excluding hydrogens is 1560 g/mol. The molecule has 8 aromatic heterocycles. The number of rotatable bonds is 16. The lowest BCUT2D eigenvalue weighted by Crippen LogP contribution is -2.13. The van der Waals surface area contributed by atoms with Gasteiger partial charge in [0.25, 0.3) is 0 Å². The molecule has 8 heterocycles. The number of esters is 3. The molecule has 0 aliphatic heterocycles. The Morgan fingerprint density at radius 1 is 0.464 bits per heavy atom. The second kappa shape index (κ2) is 39.2. The van der Waals surface area contributed by atoms with Gasteiger partial charge in [-0.15, -0.1) is 45.3 Å². The normalized spacial score (nSPS) is 12.4. The van der Waals surface area contributed by atoms with Crippen molar-refractivity contribution in [2.75, 3.05) is 7.11 Å². The summed E-state index contributed by atoms with van der Waals surface area (Å²) in [6.07, 6.45) is -0.734. The molecule has 0 aromatic carbocycles. The van der Waals surface area contributed by atoms with Crippen LogP contribution < -0.4 is 0 Å². The summed E-state index contributed by atoms with van der Waals surface area (Å²) < 4.78 is 32.5. The summed E-state index contributed by atoms with van der Waals surface area (Å²) in [6, 6.07) is 8.48. The van der Waals surface area contributed by atoms with E-state index in [2.05, 4.69) is 96.7 Å². The fourth-order valence-electron chi connectivity index (χ4n) is 9.30. The first-order valence-electron chi connectivity index (χ1n) is 34.3. The monoisotopic (exact) mass is 1650 g/mol. The van der Waals surface area contributed by atoms with E-state index < -0.39 is 24.1 Å². The molecule has 8 aromatic rings. The fourth-order valence-corrected chi connectivity index (χ4v) is 13.9. The molecule has 0 bridgehead atoms. The molecule has 110 heavy (non-hydrogen) atoms. The molecule has 0 spiro atoms. The third-order valence-corrected chi connectivity index (χ3v) is 21.6. The zero-order chi connectivity index (χ0) is 83.9. The van der Waals surface area contributed by atoms with Gasteiger partial charge in [0.15, 0.2) is 23.0 Å². The standard InChI is InChI=1S/C20H25ClN4O2S.C19H23ClN4O2S.C19H21ClN4O2S.C17H19ClN4O3S.C2H6/c1-11(2)8-15(26)27-17(16-12(3)24-25(7)18(16)21)13(9-22)14-10-28-19(23-14)20(4,5)6;2*1-10(2)17(25)26-15(14-11(3)23-24(7)16(14)20)12(8-21)13-9-27-18(22-13)19(4,5)6;1-9-12(14(18)22(5)21-9)13(25-16(23)24-6)10(7-19)11-8-26-15(20-11)17(2,3)4;1-2/h10-11H,8H2,1-7H3;9-10H,1-7H3;9H,1H2,2-7H3;8H,1-6H3;1-2H3. The quantitative estimate of drug-likeness (QED) is 0.0285. The van der Waals surface area contributed by atoms with Gasteiger partial charge in [0.1, 0.15) is 67.2 Å². The van der Waals surface area contributed by atoms with Crippen molar-refractivity contribution in [1.29, 1.82) is 21.0 Å². The van der Waals surface area contributed by atoms with E-state index >= 15 is 0 Å². The zero-order valence-corrected chi connectivity index (χ0v) is 73.6. The van der Waals surface area contributed by atoms with Gasteiger partial charge in [-0.05, 0) is 40.5 Å². The highest BCUT2D eigenvalue weighted by molar-refractivity contribution is 7.10. The summed E-state index contributed by atoms with van der Waals surface area (Å²) >= 11 is 31.3. The van der Waals surface area contributed by atoms with Gasteiger partial charge in [-0.2, -0.15) is 41.4 Å². The number of nitrogens with zero attached hydrogens (tertiary/aromatic N) is 16. The number of hydrogen-bond donors (Lipinski definition) is 0. The van der Waals surface area contributed by atoms with Crippen LogP contribution in [0.5, 0.6) is 0 Å². The van der Waals surface area contributed by atoms with Gasteiger partial charge in [0.05, 0.1) is 101 Å². The predicted octanol–water partition coefficient (Wildman–Crippen LogP) is 19.8. The number of nitriles is 4. The molecule has 0 aliphatic carbocycles. The number of hydrogen-bond acceptors (Lipinski definition) is 25. The number of carbonyl (C=O) groups is 4. The number of allylic oxidation sites excluding steroid dienone is 4. The molecule has 0 amide bonds. The Hall–Kier alpha value is -9.14. The molecule has 0 radical (unpaired) electrons. The maximum atomic E-state index is 12.4. The van der Waals surface area contributed by atoms with E-state index in [0.29, 0.717) is 73.0 Å². The Kier molecular flexibility index (Phi) is 33.2. The van der Waals surface area contributed by atoms with Gasteiger partial charge >= 0.3 is 24.1 Å². The van der Waals surface area contributed by atoms with E-state index in [0.717, 1.165) is 20.0 Å². The van der Waals surface area contributed by atoms with Gasteiger partial charge in [-0.1, -0.05) is 178 Å². The Balaban J connectivity index is 0.000000307. The number of thiazole rings is 4. The second-order valence-electron chi connectivity index (χ2n) is 29.3.